The number of aryl methyl sites for hydroxylation is 2. The largest absolute Gasteiger partial charge is 0.446 e. The first-order valence-corrected chi connectivity index (χ1v) is 7.61. The highest BCUT2D eigenvalue weighted by atomic mass is 16.4. The molecule has 1 heterocycles. The molecule has 0 spiro atoms. The van der Waals surface area contributed by atoms with E-state index in [1.165, 1.54) is 18.4 Å². The van der Waals surface area contributed by atoms with Crippen LogP contribution in [-0.2, 0) is 19.3 Å². The van der Waals surface area contributed by atoms with E-state index in [2.05, 4.69) is 40.6 Å². The van der Waals surface area contributed by atoms with Gasteiger partial charge in [-0.25, -0.2) is 4.98 Å². The number of hydrogen-bond donors (Lipinski definition) is 1. The summed E-state index contributed by atoms with van der Waals surface area (Å²) in [6, 6.07) is 11.4. The highest BCUT2D eigenvalue weighted by Crippen LogP contribution is 2.18. The van der Waals surface area contributed by atoms with E-state index in [0.717, 1.165) is 49.9 Å². The molecule has 1 aromatic carbocycles. The third kappa shape index (κ3) is 4.20. The maximum absolute atomic E-state index is 5.77. The van der Waals surface area contributed by atoms with E-state index >= 15 is 0 Å². The van der Waals surface area contributed by atoms with Crippen LogP contribution in [0.2, 0.25) is 0 Å². The molecule has 1 fully saturated rings. The Morgan fingerprint density at radius 1 is 1.10 bits per heavy atom. The number of nitrogens with zero attached hydrogens (tertiary/aromatic N) is 1. The van der Waals surface area contributed by atoms with Crippen molar-refractivity contribution in [2.24, 2.45) is 0 Å². The third-order valence-corrected chi connectivity index (χ3v) is 3.68. The van der Waals surface area contributed by atoms with Crippen LogP contribution in [0.15, 0.2) is 40.9 Å². The molecule has 0 amide bonds. The number of hydrogen-bond acceptors (Lipinski definition) is 3. The Morgan fingerprint density at radius 3 is 2.75 bits per heavy atom. The Hall–Kier alpha value is -1.61. The van der Waals surface area contributed by atoms with Crippen LogP contribution in [0.4, 0.5) is 0 Å². The second-order valence-electron chi connectivity index (χ2n) is 5.54. The molecule has 0 atom stereocenters. The van der Waals surface area contributed by atoms with Gasteiger partial charge in [0.05, 0.1) is 6.20 Å². The fourth-order valence-electron chi connectivity index (χ4n) is 2.36. The van der Waals surface area contributed by atoms with Crippen LogP contribution >= 0.6 is 0 Å². The van der Waals surface area contributed by atoms with Gasteiger partial charge in [-0.2, -0.15) is 0 Å². The smallest absolute Gasteiger partial charge is 0.195 e. The van der Waals surface area contributed by atoms with Crippen molar-refractivity contribution in [3.8, 4) is 0 Å². The number of rotatable bonds is 8. The van der Waals surface area contributed by atoms with E-state index in [1.807, 2.05) is 6.20 Å². The van der Waals surface area contributed by atoms with E-state index < -0.39 is 0 Å². The summed E-state index contributed by atoms with van der Waals surface area (Å²) in [7, 11) is 0. The van der Waals surface area contributed by atoms with Gasteiger partial charge in [0.1, 0.15) is 5.76 Å². The summed E-state index contributed by atoms with van der Waals surface area (Å²) >= 11 is 0. The van der Waals surface area contributed by atoms with Crippen molar-refractivity contribution >= 4 is 0 Å². The van der Waals surface area contributed by atoms with Crippen LogP contribution in [0, 0.1) is 0 Å². The fourth-order valence-corrected chi connectivity index (χ4v) is 2.36. The van der Waals surface area contributed by atoms with E-state index in [4.69, 9.17) is 4.42 Å². The Bertz CT molecular complexity index is 517. The van der Waals surface area contributed by atoms with Gasteiger partial charge in [0.25, 0.3) is 0 Å². The van der Waals surface area contributed by atoms with Crippen molar-refractivity contribution < 1.29 is 4.42 Å². The molecule has 1 N–H and O–H groups in total. The van der Waals surface area contributed by atoms with Gasteiger partial charge in [-0.15, -0.1) is 0 Å². The average molecular weight is 270 g/mol. The third-order valence-electron chi connectivity index (χ3n) is 3.68. The van der Waals surface area contributed by atoms with E-state index in [9.17, 15) is 0 Å². The first-order valence-electron chi connectivity index (χ1n) is 7.61. The summed E-state index contributed by atoms with van der Waals surface area (Å²) in [5.41, 5.74) is 1.39. The van der Waals surface area contributed by atoms with Gasteiger partial charge in [-0.1, -0.05) is 30.3 Å². The summed E-state index contributed by atoms with van der Waals surface area (Å²) in [5.74, 6) is 1.88. The van der Waals surface area contributed by atoms with Crippen molar-refractivity contribution in [2.75, 3.05) is 6.54 Å². The topological polar surface area (TPSA) is 38.1 Å². The van der Waals surface area contributed by atoms with Gasteiger partial charge in [0, 0.05) is 25.4 Å². The molecule has 1 aromatic heterocycles. The molecule has 3 rings (SSSR count). The van der Waals surface area contributed by atoms with Crippen molar-refractivity contribution in [1.29, 1.82) is 0 Å². The van der Waals surface area contributed by atoms with Gasteiger partial charge >= 0.3 is 0 Å². The lowest BCUT2D eigenvalue weighted by Gasteiger charge is -2.00. The average Bonchev–Trinajstić information content (AvgIpc) is 3.19. The quantitative estimate of drug-likeness (QED) is 0.801. The van der Waals surface area contributed by atoms with Gasteiger partial charge < -0.3 is 9.73 Å². The fraction of sp³-hybridized carbons (Fsp3) is 0.471. The van der Waals surface area contributed by atoms with E-state index in [1.54, 1.807) is 0 Å². The van der Waals surface area contributed by atoms with Crippen LogP contribution in [0.25, 0.3) is 0 Å². The predicted molar refractivity (Wildman–Crippen MR) is 79.7 cm³/mol. The molecule has 3 nitrogen and oxygen atoms in total. The molecule has 106 valence electrons. The molecule has 0 saturated heterocycles. The molecule has 1 saturated carbocycles. The van der Waals surface area contributed by atoms with Gasteiger partial charge in [0.2, 0.25) is 0 Å². The number of benzene rings is 1. The molecule has 0 bridgehead atoms. The molecule has 20 heavy (non-hydrogen) atoms. The van der Waals surface area contributed by atoms with Gasteiger partial charge in [-0.3, -0.25) is 0 Å². The van der Waals surface area contributed by atoms with Crippen molar-refractivity contribution in [3.05, 3.63) is 53.7 Å². The SMILES string of the molecule is c1ccc(CCCc2cnc(CCNC3CC3)o2)cc1. The van der Waals surface area contributed by atoms with Crippen LogP contribution in [0.5, 0.6) is 0 Å². The lowest BCUT2D eigenvalue weighted by atomic mass is 10.1. The molecule has 0 unspecified atom stereocenters. The molecular weight excluding hydrogens is 248 g/mol. The van der Waals surface area contributed by atoms with Crippen molar-refractivity contribution in [2.45, 2.75) is 44.6 Å². The summed E-state index contributed by atoms with van der Waals surface area (Å²) < 4.78 is 5.77. The second kappa shape index (κ2) is 6.71. The second-order valence-corrected chi connectivity index (χ2v) is 5.54. The van der Waals surface area contributed by atoms with Gasteiger partial charge in [-0.05, 0) is 31.2 Å². The molecule has 1 aliphatic carbocycles. The van der Waals surface area contributed by atoms with Crippen LogP contribution in [0.3, 0.4) is 0 Å². The maximum atomic E-state index is 5.77. The monoisotopic (exact) mass is 270 g/mol. The molecule has 2 aromatic rings. The summed E-state index contributed by atoms with van der Waals surface area (Å²) in [6.07, 6.45) is 8.62. The predicted octanol–water partition coefficient (Wildman–Crippen LogP) is 3.14. The highest BCUT2D eigenvalue weighted by Gasteiger charge is 2.19. The minimum atomic E-state index is 0.760. The summed E-state index contributed by atoms with van der Waals surface area (Å²) in [6.45, 7) is 0.981. The standard InChI is InChI=1S/C17H22N2O/c1-2-5-14(6-3-1)7-4-8-16-13-19-17(20-16)11-12-18-15-9-10-15/h1-3,5-6,13,15,18H,4,7-12H2. The Morgan fingerprint density at radius 2 is 1.95 bits per heavy atom. The molecule has 1 aliphatic rings. The zero-order chi connectivity index (χ0) is 13.6. The number of aromatic nitrogens is 1. The zero-order valence-electron chi connectivity index (χ0n) is 11.8. The molecule has 0 radical (unpaired) electrons. The minimum absolute atomic E-state index is 0.760. The minimum Gasteiger partial charge on any atom is -0.446 e. The van der Waals surface area contributed by atoms with Gasteiger partial charge in [0.15, 0.2) is 5.89 Å². The maximum Gasteiger partial charge on any atom is 0.195 e. The highest BCUT2D eigenvalue weighted by molar-refractivity contribution is 5.14. The number of nitrogens with one attached hydrogen (secondary N) is 1. The Kier molecular flexibility index (Phi) is 4.49. The zero-order valence-corrected chi connectivity index (χ0v) is 11.8. The molecule has 0 aliphatic heterocycles. The van der Waals surface area contributed by atoms with Crippen molar-refractivity contribution in [1.82, 2.24) is 10.3 Å². The van der Waals surface area contributed by atoms with Crippen molar-refractivity contribution in [3.63, 3.8) is 0 Å². The van der Waals surface area contributed by atoms with Crippen LogP contribution in [0.1, 0.15) is 36.5 Å². The van der Waals surface area contributed by atoms with E-state index in [0.29, 0.717) is 0 Å². The number of oxazole rings is 1. The summed E-state index contributed by atoms with van der Waals surface area (Å²) in [5, 5.41) is 3.48. The normalized spacial score (nSPS) is 14.6. The molecular formula is C17H22N2O. The van der Waals surface area contributed by atoms with Crippen LogP contribution < -0.4 is 5.32 Å². The first-order chi connectivity index (χ1) is 9.90. The van der Waals surface area contributed by atoms with Crippen LogP contribution in [-0.4, -0.2) is 17.6 Å². The Labute approximate surface area is 120 Å². The lowest BCUT2D eigenvalue weighted by Crippen LogP contribution is -2.19. The lowest BCUT2D eigenvalue weighted by molar-refractivity contribution is 0.444. The summed E-state index contributed by atoms with van der Waals surface area (Å²) in [4.78, 5) is 4.35. The Balaban J connectivity index is 1.38. The van der Waals surface area contributed by atoms with E-state index in [-0.39, 0.29) is 0 Å². The molecule has 3 heteroatoms. The first kappa shape index (κ1) is 13.4.